The molecule has 0 aliphatic carbocycles. The van der Waals surface area contributed by atoms with E-state index in [9.17, 15) is 4.79 Å². The maximum absolute atomic E-state index is 10.8. The molecule has 4 rings (SSSR count). The van der Waals surface area contributed by atoms with E-state index in [-0.39, 0.29) is 6.61 Å². The van der Waals surface area contributed by atoms with Gasteiger partial charge in [-0.1, -0.05) is 72.8 Å². The lowest BCUT2D eigenvalue weighted by molar-refractivity contribution is 0.150. The minimum atomic E-state index is -0.801. The average molecular weight is 425 g/mol. The zero-order valence-corrected chi connectivity index (χ0v) is 17.5. The number of nitrogens with one attached hydrogen (secondary N) is 1. The first kappa shape index (κ1) is 21.0. The Morgan fingerprint density at radius 1 is 0.719 bits per heavy atom. The summed E-state index contributed by atoms with van der Waals surface area (Å²) >= 11 is 0. The summed E-state index contributed by atoms with van der Waals surface area (Å²) in [5.74, 6) is 1.37. The number of ether oxygens (including phenoxy) is 2. The summed E-state index contributed by atoms with van der Waals surface area (Å²) in [7, 11) is 0. The standard InChI is InChI=1S/C27H24N2O3/c28-27(30)31-19-21-6-4-10-25(16-21)32-26-11-5-9-24(17-26)29-18-20-12-14-23(15-13-20)22-7-2-1-3-8-22/h1-17,29H,18-19H2,(H2,28,30). The molecule has 3 N–H and O–H groups in total. The molecule has 32 heavy (non-hydrogen) atoms. The lowest BCUT2D eigenvalue weighted by Gasteiger charge is -2.11. The number of amides is 1. The van der Waals surface area contributed by atoms with Gasteiger partial charge in [0.1, 0.15) is 18.1 Å². The van der Waals surface area contributed by atoms with Gasteiger partial charge in [-0.2, -0.15) is 0 Å². The summed E-state index contributed by atoms with van der Waals surface area (Å²) in [4.78, 5) is 10.8. The molecule has 0 aromatic heterocycles. The van der Waals surface area contributed by atoms with Crippen LogP contribution in [0.2, 0.25) is 0 Å². The van der Waals surface area contributed by atoms with Crippen LogP contribution in [-0.4, -0.2) is 6.09 Å². The normalized spacial score (nSPS) is 10.4. The molecule has 0 spiro atoms. The number of primary amides is 1. The molecule has 0 fully saturated rings. The van der Waals surface area contributed by atoms with Crippen molar-refractivity contribution in [3.63, 3.8) is 0 Å². The summed E-state index contributed by atoms with van der Waals surface area (Å²) in [5.41, 5.74) is 10.4. The van der Waals surface area contributed by atoms with Crippen LogP contribution in [0.4, 0.5) is 10.5 Å². The molecule has 0 saturated heterocycles. The fourth-order valence-corrected chi connectivity index (χ4v) is 3.31. The molecule has 0 radical (unpaired) electrons. The molecule has 0 bridgehead atoms. The Hall–Kier alpha value is -4.25. The number of rotatable bonds is 8. The molecular weight excluding hydrogens is 400 g/mol. The van der Waals surface area contributed by atoms with Crippen molar-refractivity contribution in [2.75, 3.05) is 5.32 Å². The molecule has 4 aromatic carbocycles. The van der Waals surface area contributed by atoms with Gasteiger partial charge in [0.05, 0.1) is 0 Å². The summed E-state index contributed by atoms with van der Waals surface area (Å²) < 4.78 is 10.8. The first-order valence-corrected chi connectivity index (χ1v) is 10.3. The van der Waals surface area contributed by atoms with Gasteiger partial charge in [-0.25, -0.2) is 4.79 Å². The number of hydrogen-bond donors (Lipinski definition) is 2. The third-order valence-corrected chi connectivity index (χ3v) is 4.91. The van der Waals surface area contributed by atoms with Crippen LogP contribution in [0, 0.1) is 0 Å². The zero-order chi connectivity index (χ0) is 22.2. The predicted molar refractivity (Wildman–Crippen MR) is 127 cm³/mol. The van der Waals surface area contributed by atoms with E-state index in [4.69, 9.17) is 15.2 Å². The van der Waals surface area contributed by atoms with Gasteiger partial charge >= 0.3 is 6.09 Å². The summed E-state index contributed by atoms with van der Waals surface area (Å²) in [6, 6.07) is 34.0. The molecule has 0 saturated carbocycles. The molecule has 0 unspecified atom stereocenters. The lowest BCUT2D eigenvalue weighted by atomic mass is 10.0. The Labute approximate surface area is 187 Å². The van der Waals surface area contributed by atoms with Gasteiger partial charge in [0.25, 0.3) is 0 Å². The Morgan fingerprint density at radius 3 is 2.16 bits per heavy atom. The molecule has 0 heterocycles. The zero-order valence-electron chi connectivity index (χ0n) is 17.5. The Kier molecular flexibility index (Phi) is 6.68. The third-order valence-electron chi connectivity index (χ3n) is 4.91. The molecule has 160 valence electrons. The van der Waals surface area contributed by atoms with E-state index in [1.54, 1.807) is 0 Å². The molecule has 0 atom stereocenters. The Morgan fingerprint density at radius 2 is 1.41 bits per heavy atom. The number of benzene rings is 4. The van der Waals surface area contributed by atoms with E-state index in [1.807, 2.05) is 66.7 Å². The van der Waals surface area contributed by atoms with Crippen LogP contribution in [0.5, 0.6) is 11.5 Å². The highest BCUT2D eigenvalue weighted by atomic mass is 16.5. The van der Waals surface area contributed by atoms with Gasteiger partial charge in [0.2, 0.25) is 0 Å². The van der Waals surface area contributed by atoms with Crippen LogP contribution in [-0.2, 0) is 17.9 Å². The van der Waals surface area contributed by atoms with Crippen molar-refractivity contribution in [2.24, 2.45) is 5.73 Å². The number of carbonyl (C=O) groups excluding carboxylic acids is 1. The number of nitrogens with two attached hydrogens (primary N) is 1. The second-order valence-corrected chi connectivity index (χ2v) is 7.30. The van der Waals surface area contributed by atoms with E-state index in [0.717, 1.165) is 11.3 Å². The first-order chi connectivity index (χ1) is 15.7. The maximum atomic E-state index is 10.8. The van der Waals surface area contributed by atoms with Gasteiger partial charge in [0.15, 0.2) is 0 Å². The van der Waals surface area contributed by atoms with Crippen molar-refractivity contribution in [3.8, 4) is 22.6 Å². The van der Waals surface area contributed by atoms with Gasteiger partial charge < -0.3 is 20.5 Å². The van der Waals surface area contributed by atoms with Crippen molar-refractivity contribution < 1.29 is 14.3 Å². The second-order valence-electron chi connectivity index (χ2n) is 7.30. The van der Waals surface area contributed by atoms with Crippen molar-refractivity contribution in [1.82, 2.24) is 0 Å². The van der Waals surface area contributed by atoms with E-state index in [0.29, 0.717) is 18.0 Å². The van der Waals surface area contributed by atoms with Crippen molar-refractivity contribution in [3.05, 3.63) is 114 Å². The van der Waals surface area contributed by atoms with Crippen LogP contribution >= 0.6 is 0 Å². The van der Waals surface area contributed by atoms with Crippen LogP contribution in [0.15, 0.2) is 103 Å². The largest absolute Gasteiger partial charge is 0.457 e. The third kappa shape index (κ3) is 5.89. The summed E-state index contributed by atoms with van der Waals surface area (Å²) in [6.07, 6.45) is -0.801. The first-order valence-electron chi connectivity index (χ1n) is 10.3. The van der Waals surface area contributed by atoms with Crippen LogP contribution in [0.1, 0.15) is 11.1 Å². The Bertz CT molecular complexity index is 1170. The molecule has 1 amide bonds. The van der Waals surface area contributed by atoms with Crippen LogP contribution in [0.3, 0.4) is 0 Å². The number of carbonyl (C=O) groups is 1. The van der Waals surface area contributed by atoms with Crippen LogP contribution < -0.4 is 15.8 Å². The van der Waals surface area contributed by atoms with E-state index < -0.39 is 6.09 Å². The maximum Gasteiger partial charge on any atom is 0.404 e. The molecule has 4 aromatic rings. The highest BCUT2D eigenvalue weighted by molar-refractivity contribution is 5.64. The minimum absolute atomic E-state index is 0.108. The summed E-state index contributed by atoms with van der Waals surface area (Å²) in [6.45, 7) is 0.815. The van der Waals surface area contributed by atoms with Crippen LogP contribution in [0.25, 0.3) is 11.1 Å². The molecule has 5 nitrogen and oxygen atoms in total. The highest BCUT2D eigenvalue weighted by Crippen LogP contribution is 2.26. The molecule has 5 heteroatoms. The fourth-order valence-electron chi connectivity index (χ4n) is 3.31. The van der Waals surface area contributed by atoms with Gasteiger partial charge in [-0.3, -0.25) is 0 Å². The van der Waals surface area contributed by atoms with Crippen molar-refractivity contribution in [1.29, 1.82) is 0 Å². The minimum Gasteiger partial charge on any atom is -0.457 e. The fraction of sp³-hybridized carbons (Fsp3) is 0.0741. The van der Waals surface area contributed by atoms with E-state index >= 15 is 0 Å². The molecular formula is C27H24N2O3. The quantitative estimate of drug-likeness (QED) is 0.345. The van der Waals surface area contributed by atoms with E-state index in [2.05, 4.69) is 41.7 Å². The van der Waals surface area contributed by atoms with Gasteiger partial charge in [-0.15, -0.1) is 0 Å². The van der Waals surface area contributed by atoms with Gasteiger partial charge in [-0.05, 0) is 46.5 Å². The van der Waals surface area contributed by atoms with Crippen molar-refractivity contribution >= 4 is 11.8 Å². The highest BCUT2D eigenvalue weighted by Gasteiger charge is 2.03. The monoisotopic (exact) mass is 424 g/mol. The molecule has 0 aliphatic rings. The predicted octanol–water partition coefficient (Wildman–Crippen LogP) is 6.35. The Balaban J connectivity index is 1.36. The van der Waals surface area contributed by atoms with Crippen molar-refractivity contribution in [2.45, 2.75) is 13.2 Å². The SMILES string of the molecule is NC(=O)OCc1cccc(Oc2cccc(NCc3ccc(-c4ccccc4)cc3)c2)c1. The molecule has 0 aliphatic heterocycles. The van der Waals surface area contributed by atoms with Gasteiger partial charge in [0, 0.05) is 18.3 Å². The van der Waals surface area contributed by atoms with E-state index in [1.165, 1.54) is 16.7 Å². The lowest BCUT2D eigenvalue weighted by Crippen LogP contribution is -2.12. The second kappa shape index (κ2) is 10.2. The number of anilines is 1. The number of hydrogen-bond acceptors (Lipinski definition) is 4. The smallest absolute Gasteiger partial charge is 0.404 e. The average Bonchev–Trinajstić information content (AvgIpc) is 2.83. The topological polar surface area (TPSA) is 73.6 Å². The summed E-state index contributed by atoms with van der Waals surface area (Å²) in [5, 5.41) is 3.44.